The van der Waals surface area contributed by atoms with Gasteiger partial charge in [0.05, 0.1) is 6.61 Å². The molecule has 0 radical (unpaired) electrons. The molecule has 0 unspecified atom stereocenters. The predicted octanol–water partition coefficient (Wildman–Crippen LogP) is 3.78. The van der Waals surface area contributed by atoms with Crippen LogP contribution in [0.3, 0.4) is 0 Å². The van der Waals surface area contributed by atoms with Crippen molar-refractivity contribution in [1.82, 2.24) is 0 Å². The number of allylic oxidation sites excluding steroid dienone is 2. The molecule has 5 atom stereocenters. The average molecular weight is 407 g/mol. The molecule has 2 aliphatic carbocycles. The van der Waals surface area contributed by atoms with E-state index in [1.165, 1.54) is 0 Å². The van der Waals surface area contributed by atoms with Crippen molar-refractivity contribution in [3.8, 4) is 0 Å². The maximum Gasteiger partial charge on any atom is 0.164 e. The first-order valence-corrected chi connectivity index (χ1v) is 10.9. The standard InChI is InChI=1S/C24H38O5/c1-14(2)8-9-15(3)20(26)24(27)12-19(25)17(18-11-22(18,4)5)10-16-13-28-23(6,7)29-21(16)24/h9-10,14,17-18,20-21,26-27H,8,11-13H2,1-7H3/b15-9-/t17-,18+,20-,21+,24+/m0/s1. The van der Waals surface area contributed by atoms with Crippen LogP contribution in [-0.4, -0.2) is 46.2 Å². The van der Waals surface area contributed by atoms with Crippen molar-refractivity contribution in [2.45, 2.75) is 91.3 Å². The SMILES string of the molecule is C/C(=C/CC(C)C)[C@H](O)[C@]1(O)CC(=O)[C@H]([C@H]2CC2(C)C)C=C2COC(C)(C)O[C@H]21. The summed E-state index contributed by atoms with van der Waals surface area (Å²) in [6.07, 6.45) is 3.61. The third-order valence-corrected chi connectivity index (χ3v) is 6.84. The fourth-order valence-corrected chi connectivity index (χ4v) is 4.73. The lowest BCUT2D eigenvalue weighted by atomic mass is 9.79. The van der Waals surface area contributed by atoms with Crippen LogP contribution in [0.2, 0.25) is 0 Å². The van der Waals surface area contributed by atoms with Gasteiger partial charge in [-0.15, -0.1) is 0 Å². The smallest absolute Gasteiger partial charge is 0.164 e. The first-order valence-electron chi connectivity index (χ1n) is 10.9. The van der Waals surface area contributed by atoms with Crippen molar-refractivity contribution in [2.24, 2.45) is 23.2 Å². The highest BCUT2D eigenvalue weighted by Gasteiger charge is 2.58. The number of Topliss-reactive ketones (excluding diaryl/α,β-unsaturated/α-hetero) is 1. The number of hydrogen-bond donors (Lipinski definition) is 2. The summed E-state index contributed by atoms with van der Waals surface area (Å²) >= 11 is 0. The minimum Gasteiger partial charge on any atom is -0.386 e. The maximum atomic E-state index is 13.3. The van der Waals surface area contributed by atoms with Gasteiger partial charge >= 0.3 is 0 Å². The van der Waals surface area contributed by atoms with Crippen LogP contribution in [-0.2, 0) is 14.3 Å². The molecule has 3 aliphatic rings. The van der Waals surface area contributed by atoms with Gasteiger partial charge in [-0.05, 0) is 62.0 Å². The Balaban J connectivity index is 1.98. The number of aliphatic hydroxyl groups is 2. The van der Waals surface area contributed by atoms with Gasteiger partial charge in [0.15, 0.2) is 5.79 Å². The molecule has 164 valence electrons. The van der Waals surface area contributed by atoms with Gasteiger partial charge in [-0.25, -0.2) is 0 Å². The number of ether oxygens (including phenoxy) is 2. The fourth-order valence-electron chi connectivity index (χ4n) is 4.73. The summed E-state index contributed by atoms with van der Waals surface area (Å²) in [5, 5.41) is 23.0. The van der Waals surface area contributed by atoms with E-state index in [2.05, 4.69) is 27.7 Å². The summed E-state index contributed by atoms with van der Waals surface area (Å²) in [5.74, 6) is -0.486. The van der Waals surface area contributed by atoms with Crippen molar-refractivity contribution in [2.75, 3.05) is 6.61 Å². The van der Waals surface area contributed by atoms with Crippen LogP contribution < -0.4 is 0 Å². The Morgan fingerprint density at radius 1 is 1.31 bits per heavy atom. The van der Waals surface area contributed by atoms with E-state index < -0.39 is 23.6 Å². The van der Waals surface area contributed by atoms with Gasteiger partial charge in [0.1, 0.15) is 23.6 Å². The van der Waals surface area contributed by atoms with Crippen LogP contribution in [0.4, 0.5) is 0 Å². The summed E-state index contributed by atoms with van der Waals surface area (Å²) < 4.78 is 12.0. The highest BCUT2D eigenvalue weighted by molar-refractivity contribution is 5.85. The predicted molar refractivity (Wildman–Crippen MR) is 112 cm³/mol. The number of fused-ring (bicyclic) bond motifs is 1. The van der Waals surface area contributed by atoms with Crippen molar-refractivity contribution in [1.29, 1.82) is 0 Å². The zero-order chi connectivity index (χ0) is 21.8. The second kappa shape index (κ2) is 7.60. The molecule has 0 aromatic rings. The van der Waals surface area contributed by atoms with Crippen molar-refractivity contribution in [3.05, 3.63) is 23.3 Å². The molecule has 2 N–H and O–H groups in total. The first-order chi connectivity index (χ1) is 13.3. The molecule has 0 aromatic carbocycles. The highest BCUT2D eigenvalue weighted by atomic mass is 16.7. The van der Waals surface area contributed by atoms with E-state index >= 15 is 0 Å². The summed E-state index contributed by atoms with van der Waals surface area (Å²) in [6, 6.07) is 0. The van der Waals surface area contributed by atoms with Gasteiger partial charge in [-0.3, -0.25) is 4.79 Å². The molecule has 0 aromatic heterocycles. The largest absolute Gasteiger partial charge is 0.386 e. The molecule has 1 saturated carbocycles. The molecule has 0 amide bonds. The number of carbonyl (C=O) groups is 1. The molecule has 1 aliphatic heterocycles. The molecule has 0 bridgehead atoms. The van der Waals surface area contributed by atoms with Crippen LogP contribution >= 0.6 is 0 Å². The number of carbonyl (C=O) groups excluding carboxylic acids is 1. The van der Waals surface area contributed by atoms with Gasteiger partial charge in [0.25, 0.3) is 0 Å². The van der Waals surface area contributed by atoms with Crippen LogP contribution in [0.15, 0.2) is 23.3 Å². The van der Waals surface area contributed by atoms with Crippen molar-refractivity contribution >= 4 is 5.78 Å². The van der Waals surface area contributed by atoms with Gasteiger partial charge in [0, 0.05) is 12.3 Å². The van der Waals surface area contributed by atoms with Gasteiger partial charge in [0.2, 0.25) is 0 Å². The summed E-state index contributed by atoms with van der Waals surface area (Å²) in [5.41, 5.74) is -0.154. The third-order valence-electron chi connectivity index (χ3n) is 6.84. The lowest BCUT2D eigenvalue weighted by molar-refractivity contribution is -0.290. The molecule has 2 fully saturated rings. The molecular weight excluding hydrogens is 368 g/mol. The second-order valence-electron chi connectivity index (χ2n) is 10.9. The van der Waals surface area contributed by atoms with E-state index in [0.29, 0.717) is 18.1 Å². The second-order valence-corrected chi connectivity index (χ2v) is 10.9. The van der Waals surface area contributed by atoms with E-state index in [4.69, 9.17) is 9.47 Å². The molecule has 1 saturated heterocycles. The number of ketones is 1. The summed E-state index contributed by atoms with van der Waals surface area (Å²) in [4.78, 5) is 13.3. The van der Waals surface area contributed by atoms with Crippen LogP contribution in [0.25, 0.3) is 0 Å². The molecule has 3 rings (SSSR count). The minimum atomic E-state index is -1.71. The first kappa shape index (κ1) is 22.7. The molecule has 29 heavy (non-hydrogen) atoms. The van der Waals surface area contributed by atoms with E-state index in [9.17, 15) is 15.0 Å². The monoisotopic (exact) mass is 406 g/mol. The highest BCUT2D eigenvalue weighted by Crippen LogP contribution is 2.58. The van der Waals surface area contributed by atoms with E-state index in [1.54, 1.807) is 13.8 Å². The lowest BCUT2D eigenvalue weighted by Gasteiger charge is -2.46. The Kier molecular flexibility index (Phi) is 5.94. The topological polar surface area (TPSA) is 76.0 Å². The maximum absolute atomic E-state index is 13.3. The average Bonchev–Trinajstić information content (AvgIpc) is 3.26. The lowest BCUT2D eigenvalue weighted by Crippen LogP contribution is -2.59. The molecule has 5 heteroatoms. The number of aliphatic hydroxyl groups excluding tert-OH is 1. The molecule has 0 spiro atoms. The molecule has 5 nitrogen and oxygen atoms in total. The summed E-state index contributed by atoms with van der Waals surface area (Å²) in [6.45, 7) is 14.2. The normalized spacial score (nSPS) is 37.6. The zero-order valence-electron chi connectivity index (χ0n) is 19.0. The Hall–Kier alpha value is -1.01. The minimum absolute atomic E-state index is 0.0258. The van der Waals surface area contributed by atoms with E-state index in [0.717, 1.165) is 18.4 Å². The van der Waals surface area contributed by atoms with Crippen LogP contribution in [0.1, 0.15) is 67.7 Å². The quantitative estimate of drug-likeness (QED) is 0.680. The van der Waals surface area contributed by atoms with E-state index in [-0.39, 0.29) is 29.5 Å². The Morgan fingerprint density at radius 3 is 2.48 bits per heavy atom. The van der Waals surface area contributed by atoms with E-state index in [1.807, 2.05) is 19.1 Å². The number of hydrogen-bond acceptors (Lipinski definition) is 5. The van der Waals surface area contributed by atoms with Crippen LogP contribution in [0.5, 0.6) is 0 Å². The Labute approximate surface area is 175 Å². The third kappa shape index (κ3) is 4.53. The van der Waals surface area contributed by atoms with Gasteiger partial charge < -0.3 is 19.7 Å². The molecule has 1 heterocycles. The van der Waals surface area contributed by atoms with Gasteiger partial charge in [-0.2, -0.15) is 0 Å². The fraction of sp³-hybridized carbons (Fsp3) is 0.792. The van der Waals surface area contributed by atoms with Crippen molar-refractivity contribution in [3.63, 3.8) is 0 Å². The zero-order valence-corrected chi connectivity index (χ0v) is 19.0. The molecular formula is C24H38O5. The number of rotatable bonds is 5. The van der Waals surface area contributed by atoms with Crippen LogP contribution in [0, 0.1) is 23.2 Å². The van der Waals surface area contributed by atoms with Crippen molar-refractivity contribution < 1.29 is 24.5 Å². The van der Waals surface area contributed by atoms with Gasteiger partial charge in [-0.1, -0.05) is 39.8 Å². The summed E-state index contributed by atoms with van der Waals surface area (Å²) in [7, 11) is 0. The Morgan fingerprint density at radius 2 is 1.93 bits per heavy atom. The Bertz CT molecular complexity index is 717.